The zero-order valence-corrected chi connectivity index (χ0v) is 10.9. The first kappa shape index (κ1) is 10.0. The molecule has 0 saturated carbocycles. The Bertz CT molecular complexity index is 652. The molecule has 6 heteroatoms. The van der Waals surface area contributed by atoms with Crippen molar-refractivity contribution < 1.29 is 0 Å². The molecule has 0 amide bonds. The van der Waals surface area contributed by atoms with Crippen LogP contribution in [0, 0.1) is 3.83 Å². The SMILES string of the molecule is Ic1nsc(-c2ccc3nccnc3c2)n1. The predicted octanol–water partition coefficient (Wildman–Crippen LogP) is 2.75. The normalized spacial score (nSPS) is 10.8. The number of hydrogen-bond donors (Lipinski definition) is 0. The molecule has 0 N–H and O–H groups in total. The van der Waals surface area contributed by atoms with Crippen molar-refractivity contribution in [3.05, 3.63) is 34.4 Å². The molecule has 0 atom stereocenters. The number of rotatable bonds is 1. The highest BCUT2D eigenvalue weighted by molar-refractivity contribution is 14.1. The maximum Gasteiger partial charge on any atom is 0.203 e. The van der Waals surface area contributed by atoms with E-state index >= 15 is 0 Å². The summed E-state index contributed by atoms with van der Waals surface area (Å²) in [6.07, 6.45) is 3.38. The molecule has 78 valence electrons. The lowest BCUT2D eigenvalue weighted by Gasteiger charge is -1.98. The fourth-order valence-electron chi connectivity index (χ4n) is 1.42. The highest BCUT2D eigenvalue weighted by Gasteiger charge is 2.05. The molecule has 0 unspecified atom stereocenters. The lowest BCUT2D eigenvalue weighted by atomic mass is 10.2. The van der Waals surface area contributed by atoms with E-state index in [0.717, 1.165) is 25.4 Å². The topological polar surface area (TPSA) is 51.6 Å². The van der Waals surface area contributed by atoms with Crippen LogP contribution in [0.1, 0.15) is 0 Å². The van der Waals surface area contributed by atoms with E-state index in [1.54, 1.807) is 12.4 Å². The Hall–Kier alpha value is -1.15. The summed E-state index contributed by atoms with van der Waals surface area (Å²) in [5, 5.41) is 0.914. The molecule has 2 heterocycles. The molecular weight excluding hydrogens is 335 g/mol. The Balaban J connectivity index is 2.18. The standard InChI is InChI=1S/C10H5IN4S/c11-10-14-9(16-15-10)6-1-2-7-8(5-6)13-4-3-12-7/h1-5H. The van der Waals surface area contributed by atoms with E-state index in [0.29, 0.717) is 0 Å². The zero-order chi connectivity index (χ0) is 11.0. The van der Waals surface area contributed by atoms with Crippen molar-refractivity contribution in [3.8, 4) is 10.6 Å². The minimum absolute atomic E-state index is 0.775. The predicted molar refractivity (Wildman–Crippen MR) is 71.2 cm³/mol. The Morgan fingerprint density at radius 2 is 1.88 bits per heavy atom. The van der Waals surface area contributed by atoms with Crippen molar-refractivity contribution >= 4 is 45.2 Å². The van der Waals surface area contributed by atoms with Crippen molar-refractivity contribution in [1.82, 2.24) is 19.3 Å². The van der Waals surface area contributed by atoms with Crippen LogP contribution in [-0.4, -0.2) is 19.3 Å². The third-order valence-electron chi connectivity index (χ3n) is 2.12. The van der Waals surface area contributed by atoms with Crippen LogP contribution in [-0.2, 0) is 0 Å². The molecule has 0 aliphatic rings. The quantitative estimate of drug-likeness (QED) is 0.639. The van der Waals surface area contributed by atoms with E-state index in [-0.39, 0.29) is 0 Å². The summed E-state index contributed by atoms with van der Waals surface area (Å²) >= 11 is 3.50. The number of benzene rings is 1. The minimum atomic E-state index is 0.775. The van der Waals surface area contributed by atoms with Gasteiger partial charge in [-0.25, -0.2) is 4.98 Å². The summed E-state index contributed by atoms with van der Waals surface area (Å²) in [5.41, 5.74) is 2.81. The summed E-state index contributed by atoms with van der Waals surface area (Å²) < 4.78 is 4.93. The van der Waals surface area contributed by atoms with Crippen LogP contribution in [0.15, 0.2) is 30.6 Å². The molecule has 0 bridgehead atoms. The third kappa shape index (κ3) is 1.78. The van der Waals surface area contributed by atoms with E-state index in [9.17, 15) is 0 Å². The average Bonchev–Trinajstić information content (AvgIpc) is 2.75. The van der Waals surface area contributed by atoms with Crippen molar-refractivity contribution in [2.75, 3.05) is 0 Å². The molecule has 4 nitrogen and oxygen atoms in total. The van der Waals surface area contributed by atoms with Crippen LogP contribution in [0.2, 0.25) is 0 Å². The van der Waals surface area contributed by atoms with Crippen molar-refractivity contribution in [1.29, 1.82) is 0 Å². The van der Waals surface area contributed by atoms with Gasteiger partial charge in [-0.1, -0.05) is 0 Å². The molecule has 3 aromatic rings. The molecule has 3 rings (SSSR count). The van der Waals surface area contributed by atoms with Gasteiger partial charge in [0.1, 0.15) is 5.01 Å². The molecule has 0 radical (unpaired) electrons. The van der Waals surface area contributed by atoms with Crippen LogP contribution in [0.5, 0.6) is 0 Å². The molecule has 2 aromatic heterocycles. The first-order chi connectivity index (χ1) is 7.83. The molecule has 1 aromatic carbocycles. The van der Waals surface area contributed by atoms with Gasteiger partial charge in [0, 0.05) is 40.5 Å². The van der Waals surface area contributed by atoms with Crippen molar-refractivity contribution in [3.63, 3.8) is 0 Å². The Labute approximate surface area is 109 Å². The van der Waals surface area contributed by atoms with E-state index in [1.807, 2.05) is 18.2 Å². The minimum Gasteiger partial charge on any atom is -0.253 e. The summed E-state index contributed by atoms with van der Waals surface area (Å²) in [5.74, 6) is 0. The van der Waals surface area contributed by atoms with Crippen LogP contribution < -0.4 is 0 Å². The van der Waals surface area contributed by atoms with Gasteiger partial charge in [0.05, 0.1) is 11.0 Å². The number of fused-ring (bicyclic) bond motifs is 1. The summed E-state index contributed by atoms with van der Waals surface area (Å²) in [6.45, 7) is 0. The molecule has 0 fully saturated rings. The highest BCUT2D eigenvalue weighted by atomic mass is 127. The molecular formula is C10H5IN4S. The number of hydrogen-bond acceptors (Lipinski definition) is 5. The summed E-state index contributed by atoms with van der Waals surface area (Å²) in [6, 6.07) is 5.93. The van der Waals surface area contributed by atoms with Crippen LogP contribution in [0.3, 0.4) is 0 Å². The second-order valence-corrected chi connectivity index (χ2v) is 4.85. The zero-order valence-electron chi connectivity index (χ0n) is 7.96. The number of aromatic nitrogens is 4. The van der Waals surface area contributed by atoms with Gasteiger partial charge in [-0.05, 0) is 29.7 Å². The van der Waals surface area contributed by atoms with Gasteiger partial charge in [0.15, 0.2) is 0 Å². The Morgan fingerprint density at radius 3 is 2.62 bits per heavy atom. The molecule has 0 saturated heterocycles. The Kier molecular flexibility index (Phi) is 2.52. The van der Waals surface area contributed by atoms with E-state index < -0.39 is 0 Å². The van der Waals surface area contributed by atoms with Crippen LogP contribution >= 0.6 is 34.1 Å². The van der Waals surface area contributed by atoms with E-state index in [4.69, 9.17) is 0 Å². The fraction of sp³-hybridized carbons (Fsp3) is 0. The molecule has 16 heavy (non-hydrogen) atoms. The smallest absolute Gasteiger partial charge is 0.203 e. The van der Waals surface area contributed by atoms with Gasteiger partial charge >= 0.3 is 0 Å². The lowest BCUT2D eigenvalue weighted by Crippen LogP contribution is -1.83. The monoisotopic (exact) mass is 340 g/mol. The second-order valence-electron chi connectivity index (χ2n) is 3.13. The third-order valence-corrected chi connectivity index (χ3v) is 3.69. The maximum atomic E-state index is 4.33. The van der Waals surface area contributed by atoms with Gasteiger partial charge in [-0.2, -0.15) is 4.37 Å². The van der Waals surface area contributed by atoms with Crippen LogP contribution in [0.25, 0.3) is 21.6 Å². The van der Waals surface area contributed by atoms with Gasteiger partial charge in [0.2, 0.25) is 3.83 Å². The van der Waals surface area contributed by atoms with Gasteiger partial charge in [0.25, 0.3) is 0 Å². The fourth-order valence-corrected chi connectivity index (χ4v) is 2.68. The molecule has 0 aliphatic carbocycles. The highest BCUT2D eigenvalue weighted by Crippen LogP contribution is 2.24. The van der Waals surface area contributed by atoms with E-state index in [1.165, 1.54) is 11.5 Å². The lowest BCUT2D eigenvalue weighted by molar-refractivity contribution is 1.25. The first-order valence-electron chi connectivity index (χ1n) is 4.53. The Morgan fingerprint density at radius 1 is 1.06 bits per heavy atom. The number of halogens is 1. The summed E-state index contributed by atoms with van der Waals surface area (Å²) in [7, 11) is 0. The van der Waals surface area contributed by atoms with Crippen LogP contribution in [0.4, 0.5) is 0 Å². The average molecular weight is 340 g/mol. The van der Waals surface area contributed by atoms with Crippen molar-refractivity contribution in [2.45, 2.75) is 0 Å². The molecule has 0 spiro atoms. The number of nitrogens with zero attached hydrogens (tertiary/aromatic N) is 4. The first-order valence-corrected chi connectivity index (χ1v) is 6.38. The van der Waals surface area contributed by atoms with Gasteiger partial charge < -0.3 is 0 Å². The maximum absolute atomic E-state index is 4.33. The summed E-state index contributed by atoms with van der Waals surface area (Å²) in [4.78, 5) is 12.8. The van der Waals surface area contributed by atoms with Crippen molar-refractivity contribution in [2.24, 2.45) is 0 Å². The van der Waals surface area contributed by atoms with Gasteiger partial charge in [-0.15, -0.1) is 0 Å². The largest absolute Gasteiger partial charge is 0.253 e. The van der Waals surface area contributed by atoms with E-state index in [2.05, 4.69) is 41.9 Å². The second kappa shape index (κ2) is 4.02. The molecule has 0 aliphatic heterocycles. The van der Waals surface area contributed by atoms with Gasteiger partial charge in [-0.3, -0.25) is 9.97 Å².